The molecule has 1 heterocycles. The van der Waals surface area contributed by atoms with Crippen LogP contribution in [0.5, 0.6) is 0 Å². The molecule has 146 valence electrons. The van der Waals surface area contributed by atoms with Gasteiger partial charge in [0.05, 0.1) is 18.1 Å². The minimum absolute atomic E-state index is 0.100. The molecule has 1 aromatic carbocycles. The first kappa shape index (κ1) is 21.0. The highest BCUT2D eigenvalue weighted by Crippen LogP contribution is 2.21. The van der Waals surface area contributed by atoms with Crippen LogP contribution in [0.4, 0.5) is 10.5 Å². The van der Waals surface area contributed by atoms with Crippen molar-refractivity contribution in [3.05, 3.63) is 40.7 Å². The van der Waals surface area contributed by atoms with Crippen LogP contribution in [0, 0.1) is 27.7 Å². The summed E-state index contributed by atoms with van der Waals surface area (Å²) in [5.41, 5.74) is 4.70. The molecule has 2 aromatic rings. The number of carbonyl (C=O) groups is 2. The summed E-state index contributed by atoms with van der Waals surface area (Å²) < 4.78 is 7.15. The van der Waals surface area contributed by atoms with E-state index in [0.717, 1.165) is 27.7 Å². The Bertz CT molecular complexity index is 833. The van der Waals surface area contributed by atoms with Crippen LogP contribution in [0.15, 0.2) is 23.4 Å². The van der Waals surface area contributed by atoms with Crippen LogP contribution in [-0.4, -0.2) is 41.0 Å². The molecular formula is C19H26N4O3S. The molecule has 0 unspecified atom stereocenters. The van der Waals surface area contributed by atoms with Gasteiger partial charge in [-0.25, -0.2) is 9.78 Å². The number of benzene rings is 1. The van der Waals surface area contributed by atoms with Crippen LogP contribution in [0.25, 0.3) is 0 Å². The number of nitrogens with one attached hydrogen (secondary N) is 2. The summed E-state index contributed by atoms with van der Waals surface area (Å²) >= 11 is 1.30. The molecule has 0 aliphatic rings. The molecule has 1 aromatic heterocycles. The average molecular weight is 391 g/mol. The predicted octanol–water partition coefficient (Wildman–Crippen LogP) is 3.20. The fraction of sp³-hybridized carbons (Fsp3) is 0.421. The first-order chi connectivity index (χ1) is 12.8. The van der Waals surface area contributed by atoms with Gasteiger partial charge in [0.15, 0.2) is 5.16 Å². The molecule has 0 saturated carbocycles. The second-order valence-electron chi connectivity index (χ2n) is 6.32. The molecule has 0 aliphatic carbocycles. The lowest BCUT2D eigenvalue weighted by Crippen LogP contribution is -2.35. The number of carbonyl (C=O) groups excluding carboxylic acids is 2. The molecule has 7 nitrogen and oxygen atoms in total. The van der Waals surface area contributed by atoms with E-state index in [2.05, 4.69) is 15.6 Å². The Morgan fingerprint density at radius 2 is 1.96 bits per heavy atom. The number of urea groups is 1. The maximum Gasteiger partial charge on any atom is 0.325 e. The molecule has 3 amide bonds. The fourth-order valence-electron chi connectivity index (χ4n) is 2.58. The number of amides is 3. The molecule has 0 fully saturated rings. The maximum absolute atomic E-state index is 12.1. The van der Waals surface area contributed by atoms with E-state index in [9.17, 15) is 9.59 Å². The molecule has 0 atom stereocenters. The molecule has 0 bridgehead atoms. The lowest BCUT2D eigenvalue weighted by atomic mass is 10.1. The molecule has 0 saturated heterocycles. The van der Waals surface area contributed by atoms with E-state index >= 15 is 0 Å². The number of nitrogens with zero attached hydrogens (tertiary/aromatic N) is 2. The number of thioether (sulfide) groups is 1. The van der Waals surface area contributed by atoms with E-state index in [4.69, 9.17) is 4.74 Å². The smallest absolute Gasteiger partial charge is 0.325 e. The van der Waals surface area contributed by atoms with Crippen molar-refractivity contribution < 1.29 is 14.3 Å². The largest absolute Gasteiger partial charge is 0.383 e. The van der Waals surface area contributed by atoms with Gasteiger partial charge >= 0.3 is 6.03 Å². The van der Waals surface area contributed by atoms with Gasteiger partial charge in [-0.2, -0.15) is 0 Å². The van der Waals surface area contributed by atoms with E-state index in [1.165, 1.54) is 11.8 Å². The summed E-state index contributed by atoms with van der Waals surface area (Å²) in [5, 5.41) is 5.80. The molecule has 8 heteroatoms. The number of methoxy groups -OCH3 is 1. The van der Waals surface area contributed by atoms with Crippen LogP contribution in [0.1, 0.15) is 22.5 Å². The topological polar surface area (TPSA) is 85.2 Å². The Hall–Kier alpha value is -2.32. The third kappa shape index (κ3) is 5.83. The van der Waals surface area contributed by atoms with Crippen molar-refractivity contribution in [2.24, 2.45) is 0 Å². The number of aromatic nitrogens is 2. The van der Waals surface area contributed by atoms with Crippen LogP contribution in [0.2, 0.25) is 0 Å². The number of imidazole rings is 1. The normalized spacial score (nSPS) is 10.7. The average Bonchev–Trinajstić information content (AvgIpc) is 2.87. The number of aryl methyl sites for hydroxylation is 3. The van der Waals surface area contributed by atoms with Crippen LogP contribution in [0.3, 0.4) is 0 Å². The van der Waals surface area contributed by atoms with Crippen LogP contribution < -0.4 is 10.6 Å². The number of rotatable bonds is 7. The van der Waals surface area contributed by atoms with Crippen molar-refractivity contribution in [2.45, 2.75) is 39.4 Å². The quantitative estimate of drug-likeness (QED) is 0.709. The highest BCUT2D eigenvalue weighted by molar-refractivity contribution is 7.99. The number of ether oxygens (including phenoxy) is 1. The standard InChI is InChI=1S/C19H26N4O3S/c1-12-6-7-16(13(2)10-12)21-18(25)22-17(24)11-27-19-20-14(3)15(4)23(19)8-9-26-5/h6-7,10H,8-9,11H2,1-5H3,(H2,21,22,24,25). The molecule has 2 rings (SSSR count). The van der Waals surface area contributed by atoms with Gasteiger partial charge in [-0.15, -0.1) is 0 Å². The van der Waals surface area contributed by atoms with Gasteiger partial charge in [0.1, 0.15) is 0 Å². The Kier molecular flexibility index (Phi) is 7.44. The Labute approximate surface area is 163 Å². The second-order valence-corrected chi connectivity index (χ2v) is 7.26. The van der Waals surface area contributed by atoms with Gasteiger partial charge in [0.2, 0.25) is 5.91 Å². The Morgan fingerprint density at radius 3 is 2.63 bits per heavy atom. The monoisotopic (exact) mass is 390 g/mol. The lowest BCUT2D eigenvalue weighted by molar-refractivity contribution is -0.117. The van der Waals surface area contributed by atoms with E-state index < -0.39 is 6.03 Å². The Balaban J connectivity index is 1.90. The zero-order valence-electron chi connectivity index (χ0n) is 16.4. The first-order valence-corrected chi connectivity index (χ1v) is 9.64. The summed E-state index contributed by atoms with van der Waals surface area (Å²) in [6.07, 6.45) is 0. The molecule has 27 heavy (non-hydrogen) atoms. The van der Waals surface area contributed by atoms with Crippen molar-refractivity contribution in [1.82, 2.24) is 14.9 Å². The van der Waals surface area contributed by atoms with Crippen molar-refractivity contribution in [3.8, 4) is 0 Å². The highest BCUT2D eigenvalue weighted by Gasteiger charge is 2.15. The zero-order valence-corrected chi connectivity index (χ0v) is 17.2. The molecule has 2 N–H and O–H groups in total. The molecule has 0 radical (unpaired) electrons. The zero-order chi connectivity index (χ0) is 20.0. The van der Waals surface area contributed by atoms with Gasteiger partial charge in [-0.05, 0) is 39.3 Å². The SMILES string of the molecule is COCCn1c(SCC(=O)NC(=O)Nc2ccc(C)cc2C)nc(C)c1C. The summed E-state index contributed by atoms with van der Waals surface area (Å²) in [7, 11) is 1.65. The van der Waals surface area contributed by atoms with Gasteiger partial charge in [0, 0.05) is 25.0 Å². The number of imide groups is 1. The number of hydrogen-bond acceptors (Lipinski definition) is 5. The van der Waals surface area contributed by atoms with E-state index in [0.29, 0.717) is 18.8 Å². The van der Waals surface area contributed by atoms with E-state index in [1.807, 2.05) is 50.5 Å². The first-order valence-electron chi connectivity index (χ1n) is 8.65. The van der Waals surface area contributed by atoms with Crippen molar-refractivity contribution in [2.75, 3.05) is 24.8 Å². The minimum atomic E-state index is -0.539. The third-order valence-corrected chi connectivity index (χ3v) is 5.13. The van der Waals surface area contributed by atoms with Crippen LogP contribution >= 0.6 is 11.8 Å². The second kappa shape index (κ2) is 9.57. The van der Waals surface area contributed by atoms with Gasteiger partial charge < -0.3 is 14.6 Å². The number of hydrogen-bond donors (Lipinski definition) is 2. The maximum atomic E-state index is 12.1. The highest BCUT2D eigenvalue weighted by atomic mass is 32.2. The summed E-state index contributed by atoms with van der Waals surface area (Å²) in [4.78, 5) is 28.7. The van der Waals surface area contributed by atoms with Crippen molar-refractivity contribution in [3.63, 3.8) is 0 Å². The fourth-order valence-corrected chi connectivity index (χ4v) is 3.50. The molecular weight excluding hydrogens is 364 g/mol. The molecule has 0 spiro atoms. The third-order valence-electron chi connectivity index (χ3n) is 4.16. The van der Waals surface area contributed by atoms with Crippen molar-refractivity contribution in [1.29, 1.82) is 0 Å². The van der Waals surface area contributed by atoms with Crippen LogP contribution in [-0.2, 0) is 16.1 Å². The number of anilines is 1. The minimum Gasteiger partial charge on any atom is -0.383 e. The van der Waals surface area contributed by atoms with Gasteiger partial charge in [-0.1, -0.05) is 29.5 Å². The summed E-state index contributed by atoms with van der Waals surface area (Å²) in [6, 6.07) is 5.16. The summed E-state index contributed by atoms with van der Waals surface area (Å²) in [6.45, 7) is 9.04. The summed E-state index contributed by atoms with van der Waals surface area (Å²) in [5.74, 6) is -0.276. The molecule has 0 aliphatic heterocycles. The predicted molar refractivity (Wildman–Crippen MR) is 107 cm³/mol. The van der Waals surface area contributed by atoms with E-state index in [1.54, 1.807) is 7.11 Å². The Morgan fingerprint density at radius 1 is 1.22 bits per heavy atom. The van der Waals surface area contributed by atoms with Gasteiger partial charge in [0.25, 0.3) is 0 Å². The van der Waals surface area contributed by atoms with E-state index in [-0.39, 0.29) is 11.7 Å². The lowest BCUT2D eigenvalue weighted by Gasteiger charge is -2.11. The van der Waals surface area contributed by atoms with Crippen molar-refractivity contribution >= 4 is 29.4 Å². The van der Waals surface area contributed by atoms with Gasteiger partial charge in [-0.3, -0.25) is 10.1 Å².